The van der Waals surface area contributed by atoms with Gasteiger partial charge in [-0.1, -0.05) is 43.2 Å². The Morgan fingerprint density at radius 2 is 1.93 bits per heavy atom. The number of tetrazole rings is 1. The number of aryl methyl sites for hydroxylation is 1. The Balaban J connectivity index is 1.61. The molecule has 0 bridgehead atoms. The van der Waals surface area contributed by atoms with Gasteiger partial charge in [0.2, 0.25) is 11.8 Å². The van der Waals surface area contributed by atoms with E-state index < -0.39 is 0 Å². The molecule has 154 valence electrons. The van der Waals surface area contributed by atoms with Crippen LogP contribution in [-0.2, 0) is 16.1 Å². The molecule has 2 aromatic rings. The Morgan fingerprint density at radius 3 is 2.66 bits per heavy atom. The van der Waals surface area contributed by atoms with E-state index in [0.717, 1.165) is 32.2 Å². The Morgan fingerprint density at radius 1 is 1.10 bits per heavy atom. The van der Waals surface area contributed by atoms with E-state index in [1.807, 2.05) is 28.0 Å². The van der Waals surface area contributed by atoms with Crippen LogP contribution in [0.15, 0.2) is 36.7 Å². The van der Waals surface area contributed by atoms with E-state index in [0.29, 0.717) is 19.5 Å². The van der Waals surface area contributed by atoms with Crippen molar-refractivity contribution < 1.29 is 9.59 Å². The first-order valence-corrected chi connectivity index (χ1v) is 10.5. The van der Waals surface area contributed by atoms with Gasteiger partial charge >= 0.3 is 0 Å². The largest absolute Gasteiger partial charge is 0.337 e. The van der Waals surface area contributed by atoms with Crippen molar-refractivity contribution in [3.05, 3.63) is 42.2 Å². The highest BCUT2D eigenvalue weighted by Gasteiger charge is 2.47. The lowest BCUT2D eigenvalue weighted by Gasteiger charge is -2.38. The quantitative estimate of drug-likeness (QED) is 0.787. The van der Waals surface area contributed by atoms with Crippen LogP contribution in [0.2, 0.25) is 0 Å². The molecule has 2 aliphatic heterocycles. The van der Waals surface area contributed by atoms with E-state index >= 15 is 0 Å². The number of likely N-dealkylation sites (tertiary alicyclic amines) is 2. The summed E-state index contributed by atoms with van der Waals surface area (Å²) in [4.78, 5) is 29.8. The van der Waals surface area contributed by atoms with Gasteiger partial charge in [0.25, 0.3) is 0 Å². The molecule has 0 aliphatic carbocycles. The monoisotopic (exact) mass is 396 g/mol. The van der Waals surface area contributed by atoms with Crippen molar-refractivity contribution >= 4 is 11.8 Å². The predicted octanol–water partition coefficient (Wildman–Crippen LogP) is 1.85. The molecule has 0 spiro atoms. The molecule has 4 rings (SSSR count). The number of fused-ring (bicyclic) bond motifs is 1. The summed E-state index contributed by atoms with van der Waals surface area (Å²) in [6, 6.07) is 10.4. The van der Waals surface area contributed by atoms with Gasteiger partial charge in [0.05, 0.1) is 18.6 Å². The minimum absolute atomic E-state index is 0.0344. The third-order valence-electron chi connectivity index (χ3n) is 6.26. The summed E-state index contributed by atoms with van der Waals surface area (Å²) >= 11 is 0. The molecule has 3 heterocycles. The number of aromatic nitrogens is 4. The summed E-state index contributed by atoms with van der Waals surface area (Å²) in [5.41, 5.74) is 1.20. The molecule has 0 saturated carbocycles. The van der Waals surface area contributed by atoms with Crippen molar-refractivity contribution in [2.45, 2.75) is 63.6 Å². The van der Waals surface area contributed by atoms with Gasteiger partial charge in [0.15, 0.2) is 0 Å². The highest BCUT2D eigenvalue weighted by molar-refractivity contribution is 5.78. The fourth-order valence-corrected chi connectivity index (χ4v) is 4.91. The number of carbonyl (C=O) groups is 2. The molecule has 8 nitrogen and oxygen atoms in total. The fraction of sp³-hybridized carbons (Fsp3) is 0.571. The smallest absolute Gasteiger partial charge is 0.224 e. The Hall–Kier alpha value is -2.77. The van der Waals surface area contributed by atoms with Crippen molar-refractivity contribution in [2.24, 2.45) is 0 Å². The first-order valence-electron chi connectivity index (χ1n) is 10.5. The molecule has 2 amide bonds. The van der Waals surface area contributed by atoms with Crippen LogP contribution in [0.25, 0.3) is 0 Å². The minimum atomic E-state index is 0.0344. The molecule has 3 atom stereocenters. The van der Waals surface area contributed by atoms with Crippen LogP contribution in [0.3, 0.4) is 0 Å². The van der Waals surface area contributed by atoms with Crippen molar-refractivity contribution in [1.82, 2.24) is 30.0 Å². The van der Waals surface area contributed by atoms with Crippen molar-refractivity contribution in [1.29, 1.82) is 0 Å². The lowest BCUT2D eigenvalue weighted by atomic mass is 9.87. The normalized spacial score (nSPS) is 24.7. The van der Waals surface area contributed by atoms with Gasteiger partial charge in [-0.15, -0.1) is 5.10 Å². The third-order valence-corrected chi connectivity index (χ3v) is 6.26. The molecule has 0 radical (unpaired) electrons. The summed E-state index contributed by atoms with van der Waals surface area (Å²) in [6.45, 7) is 3.54. The average Bonchev–Trinajstić information content (AvgIpc) is 3.35. The lowest BCUT2D eigenvalue weighted by Crippen LogP contribution is -2.51. The van der Waals surface area contributed by atoms with Gasteiger partial charge in [-0.3, -0.25) is 9.59 Å². The Labute approximate surface area is 170 Å². The molecule has 8 heteroatoms. The third kappa shape index (κ3) is 4.16. The number of benzene rings is 1. The summed E-state index contributed by atoms with van der Waals surface area (Å²) < 4.78 is 1.58. The second kappa shape index (κ2) is 8.71. The van der Waals surface area contributed by atoms with Crippen molar-refractivity contribution in [3.63, 3.8) is 0 Å². The second-order valence-electron chi connectivity index (χ2n) is 8.01. The number of carbonyl (C=O) groups excluding carboxylic acids is 2. The van der Waals surface area contributed by atoms with Crippen LogP contribution >= 0.6 is 0 Å². The number of rotatable bonds is 4. The maximum Gasteiger partial charge on any atom is 0.224 e. The summed E-state index contributed by atoms with van der Waals surface area (Å²) in [5, 5.41) is 11.1. The maximum absolute atomic E-state index is 13.2. The molecule has 0 N–H and O–H groups in total. The van der Waals surface area contributed by atoms with Gasteiger partial charge < -0.3 is 9.80 Å². The van der Waals surface area contributed by atoms with Crippen LogP contribution in [0, 0.1) is 0 Å². The van der Waals surface area contributed by atoms with E-state index in [4.69, 9.17) is 0 Å². The van der Waals surface area contributed by atoms with Gasteiger partial charge in [0, 0.05) is 32.4 Å². The SMILES string of the molecule is CC(=O)N1CCCCC[C@@H]2[C@@H]1[C@H](c1ccccc1)CN2C(=O)CCn1cnnn1. The van der Waals surface area contributed by atoms with Crippen LogP contribution < -0.4 is 0 Å². The Kier molecular flexibility index (Phi) is 5.87. The van der Waals surface area contributed by atoms with E-state index in [2.05, 4.69) is 27.7 Å². The topological polar surface area (TPSA) is 84.2 Å². The Bertz CT molecular complexity index is 825. The van der Waals surface area contributed by atoms with Crippen LogP contribution in [0.4, 0.5) is 0 Å². The molecular formula is C21H28N6O2. The number of amides is 2. The molecule has 29 heavy (non-hydrogen) atoms. The van der Waals surface area contributed by atoms with Gasteiger partial charge in [-0.25, -0.2) is 4.68 Å². The number of hydrogen-bond donors (Lipinski definition) is 0. The molecule has 1 aromatic carbocycles. The highest BCUT2D eigenvalue weighted by Crippen LogP contribution is 2.39. The molecule has 2 saturated heterocycles. The summed E-state index contributed by atoms with van der Waals surface area (Å²) in [7, 11) is 0. The van der Waals surface area contributed by atoms with Crippen molar-refractivity contribution in [3.8, 4) is 0 Å². The number of nitrogens with zero attached hydrogens (tertiary/aromatic N) is 6. The fourth-order valence-electron chi connectivity index (χ4n) is 4.91. The van der Waals surface area contributed by atoms with Crippen LogP contribution in [0.5, 0.6) is 0 Å². The summed E-state index contributed by atoms with van der Waals surface area (Å²) in [5.74, 6) is 0.351. The van der Waals surface area contributed by atoms with Crippen molar-refractivity contribution in [2.75, 3.05) is 13.1 Å². The van der Waals surface area contributed by atoms with Gasteiger partial charge in [0.1, 0.15) is 6.33 Å². The number of hydrogen-bond acceptors (Lipinski definition) is 5. The van der Waals surface area contributed by atoms with Crippen LogP contribution in [-0.4, -0.2) is 67.0 Å². The molecule has 1 aromatic heterocycles. The zero-order valence-electron chi connectivity index (χ0n) is 16.9. The minimum Gasteiger partial charge on any atom is -0.337 e. The second-order valence-corrected chi connectivity index (χ2v) is 8.01. The predicted molar refractivity (Wildman–Crippen MR) is 107 cm³/mol. The first kappa shape index (κ1) is 19.5. The van der Waals surface area contributed by atoms with Gasteiger partial charge in [-0.05, 0) is 28.8 Å². The molecule has 0 unspecified atom stereocenters. The van der Waals surface area contributed by atoms with E-state index in [-0.39, 0.29) is 29.8 Å². The lowest BCUT2D eigenvalue weighted by molar-refractivity contribution is -0.137. The van der Waals surface area contributed by atoms with E-state index in [1.165, 1.54) is 11.9 Å². The maximum atomic E-state index is 13.2. The van der Waals surface area contributed by atoms with E-state index in [1.54, 1.807) is 11.6 Å². The summed E-state index contributed by atoms with van der Waals surface area (Å²) in [6.07, 6.45) is 6.03. The van der Waals surface area contributed by atoms with Crippen LogP contribution in [0.1, 0.15) is 50.5 Å². The zero-order valence-corrected chi connectivity index (χ0v) is 16.9. The average molecular weight is 396 g/mol. The molecule has 2 fully saturated rings. The highest BCUT2D eigenvalue weighted by atomic mass is 16.2. The zero-order chi connectivity index (χ0) is 20.2. The van der Waals surface area contributed by atoms with E-state index in [9.17, 15) is 9.59 Å². The molecule has 2 aliphatic rings. The first-order chi connectivity index (χ1) is 14.1. The standard InChI is InChI=1S/C21H28N6O2/c1-16(28)26-12-7-3-6-10-19-21(26)18(17-8-4-2-5-9-17)14-27(19)20(29)11-13-25-15-22-23-24-25/h2,4-5,8-9,15,18-19,21H,3,6-7,10-14H2,1H3/t18-,19+,21-/m0/s1. The van der Waals surface area contributed by atoms with Gasteiger partial charge in [-0.2, -0.15) is 0 Å². The molecular weight excluding hydrogens is 368 g/mol.